The van der Waals surface area contributed by atoms with E-state index in [-0.39, 0.29) is 6.04 Å². The third-order valence-corrected chi connectivity index (χ3v) is 6.96. The highest BCUT2D eigenvalue weighted by Gasteiger charge is 2.30. The van der Waals surface area contributed by atoms with Crippen molar-refractivity contribution in [2.45, 2.75) is 43.2 Å². The summed E-state index contributed by atoms with van der Waals surface area (Å²) in [6.07, 6.45) is 2.24. The monoisotopic (exact) mass is 311 g/mol. The fourth-order valence-electron chi connectivity index (χ4n) is 2.47. The van der Waals surface area contributed by atoms with E-state index in [2.05, 4.69) is 37.7 Å². The highest BCUT2D eigenvalue weighted by atomic mass is 32.2. The van der Waals surface area contributed by atoms with Crippen LogP contribution in [0.15, 0.2) is 24.3 Å². The summed E-state index contributed by atoms with van der Waals surface area (Å²) >= 11 is 4.12. The highest BCUT2D eigenvalue weighted by Crippen LogP contribution is 2.39. The van der Waals surface area contributed by atoms with E-state index in [9.17, 15) is 0 Å². The van der Waals surface area contributed by atoms with Gasteiger partial charge in [-0.1, -0.05) is 26.0 Å². The lowest BCUT2D eigenvalue weighted by molar-refractivity contribution is 0.317. The smallest absolute Gasteiger partial charge is 0.119 e. The first-order chi connectivity index (χ1) is 9.76. The van der Waals surface area contributed by atoms with Crippen molar-refractivity contribution in [3.63, 3.8) is 0 Å². The van der Waals surface area contributed by atoms with Gasteiger partial charge in [-0.3, -0.25) is 0 Å². The van der Waals surface area contributed by atoms with Crippen molar-refractivity contribution in [3.05, 3.63) is 29.8 Å². The van der Waals surface area contributed by atoms with Crippen molar-refractivity contribution in [2.75, 3.05) is 18.1 Å². The van der Waals surface area contributed by atoms with Gasteiger partial charge in [0.2, 0.25) is 0 Å². The lowest BCUT2D eigenvalue weighted by Gasteiger charge is -2.34. The zero-order valence-electron chi connectivity index (χ0n) is 12.4. The van der Waals surface area contributed by atoms with Crippen LogP contribution in [-0.4, -0.2) is 28.6 Å². The first-order valence-electron chi connectivity index (χ1n) is 7.47. The molecule has 2 nitrogen and oxygen atoms in total. The zero-order chi connectivity index (χ0) is 14.4. The van der Waals surface area contributed by atoms with Gasteiger partial charge >= 0.3 is 0 Å². The molecule has 3 atom stereocenters. The second-order valence-corrected chi connectivity index (χ2v) is 7.73. The summed E-state index contributed by atoms with van der Waals surface area (Å²) in [5.74, 6) is 3.42. The Morgan fingerprint density at radius 3 is 2.55 bits per heavy atom. The molecule has 0 radical (unpaired) electrons. The van der Waals surface area contributed by atoms with E-state index in [1.54, 1.807) is 0 Å². The van der Waals surface area contributed by atoms with E-state index in [0.29, 0.717) is 10.5 Å². The Morgan fingerprint density at radius 2 is 1.90 bits per heavy atom. The summed E-state index contributed by atoms with van der Waals surface area (Å²) in [6, 6.07) is 8.47. The van der Waals surface area contributed by atoms with Gasteiger partial charge in [0.1, 0.15) is 5.75 Å². The number of thioether (sulfide) groups is 2. The fraction of sp³-hybridized carbons (Fsp3) is 0.625. The SMILES string of the molecule is CCCOc1ccc(C(N)C2SCCSC2CC)cc1. The summed E-state index contributed by atoms with van der Waals surface area (Å²) in [6.45, 7) is 5.16. The molecule has 2 N–H and O–H groups in total. The van der Waals surface area contributed by atoms with Crippen LogP contribution in [0.2, 0.25) is 0 Å². The molecule has 2 rings (SSSR count). The van der Waals surface area contributed by atoms with E-state index in [0.717, 1.165) is 18.8 Å². The standard InChI is InChI=1S/C16H25NOS2/c1-3-9-18-13-7-5-12(6-8-13)15(17)16-14(4-2)19-10-11-20-16/h5-8,14-16H,3-4,9-11,17H2,1-2H3. The van der Waals surface area contributed by atoms with Crippen LogP contribution in [0.25, 0.3) is 0 Å². The Labute approximate surface area is 131 Å². The minimum Gasteiger partial charge on any atom is -0.494 e. The molecule has 0 aromatic heterocycles. The van der Waals surface area contributed by atoms with Crippen LogP contribution >= 0.6 is 23.5 Å². The molecular weight excluding hydrogens is 286 g/mol. The van der Waals surface area contributed by atoms with E-state index < -0.39 is 0 Å². The summed E-state index contributed by atoms with van der Waals surface area (Å²) in [5, 5.41) is 1.21. The molecule has 0 saturated carbocycles. The van der Waals surface area contributed by atoms with Crippen LogP contribution in [0.3, 0.4) is 0 Å². The van der Waals surface area contributed by atoms with Gasteiger partial charge in [0.05, 0.1) is 6.61 Å². The average molecular weight is 312 g/mol. The van der Waals surface area contributed by atoms with Crippen LogP contribution in [0.4, 0.5) is 0 Å². The molecule has 1 heterocycles. The molecule has 0 amide bonds. The van der Waals surface area contributed by atoms with Gasteiger partial charge in [0.25, 0.3) is 0 Å². The van der Waals surface area contributed by atoms with Crippen LogP contribution in [0.5, 0.6) is 5.75 Å². The Morgan fingerprint density at radius 1 is 1.20 bits per heavy atom. The number of benzene rings is 1. The topological polar surface area (TPSA) is 35.2 Å². The van der Waals surface area contributed by atoms with Crippen LogP contribution in [0.1, 0.15) is 38.3 Å². The number of nitrogens with two attached hydrogens (primary N) is 1. The fourth-order valence-corrected chi connectivity index (χ4v) is 5.65. The highest BCUT2D eigenvalue weighted by molar-refractivity contribution is 8.07. The predicted octanol–water partition coefficient (Wildman–Crippen LogP) is 4.10. The minimum absolute atomic E-state index is 0.123. The van der Waals surface area contributed by atoms with Crippen molar-refractivity contribution in [1.29, 1.82) is 0 Å². The summed E-state index contributed by atoms with van der Waals surface area (Å²) in [5.41, 5.74) is 7.74. The van der Waals surface area contributed by atoms with Gasteiger partial charge in [-0.05, 0) is 30.5 Å². The van der Waals surface area contributed by atoms with E-state index in [4.69, 9.17) is 10.5 Å². The van der Waals surface area contributed by atoms with Gasteiger partial charge in [0.15, 0.2) is 0 Å². The summed E-state index contributed by atoms with van der Waals surface area (Å²) in [7, 11) is 0. The van der Waals surface area contributed by atoms with Crippen molar-refractivity contribution in [3.8, 4) is 5.75 Å². The maximum Gasteiger partial charge on any atom is 0.119 e. The second kappa shape index (κ2) is 8.20. The molecule has 1 aliphatic heterocycles. The molecule has 1 saturated heterocycles. The van der Waals surface area contributed by atoms with Gasteiger partial charge < -0.3 is 10.5 Å². The van der Waals surface area contributed by atoms with E-state index in [1.807, 2.05) is 23.9 Å². The number of hydrogen-bond donors (Lipinski definition) is 1. The first-order valence-corrected chi connectivity index (χ1v) is 9.57. The molecule has 1 fully saturated rings. The van der Waals surface area contributed by atoms with Crippen LogP contribution in [0, 0.1) is 0 Å². The Hall–Kier alpha value is -0.320. The third kappa shape index (κ3) is 4.09. The maximum atomic E-state index is 6.51. The quantitative estimate of drug-likeness (QED) is 0.858. The van der Waals surface area contributed by atoms with Gasteiger partial charge in [-0.15, -0.1) is 0 Å². The van der Waals surface area contributed by atoms with Crippen molar-refractivity contribution >= 4 is 23.5 Å². The van der Waals surface area contributed by atoms with Gasteiger partial charge in [-0.25, -0.2) is 0 Å². The lowest BCUT2D eigenvalue weighted by Crippen LogP contribution is -2.35. The Bertz CT molecular complexity index is 396. The van der Waals surface area contributed by atoms with Crippen LogP contribution in [-0.2, 0) is 0 Å². The zero-order valence-corrected chi connectivity index (χ0v) is 14.0. The molecule has 1 aromatic carbocycles. The number of ether oxygens (including phenoxy) is 1. The Balaban J connectivity index is 2.02. The Kier molecular flexibility index (Phi) is 6.59. The van der Waals surface area contributed by atoms with E-state index >= 15 is 0 Å². The van der Waals surface area contributed by atoms with Gasteiger partial charge in [0, 0.05) is 28.0 Å². The first kappa shape index (κ1) is 16.1. The minimum atomic E-state index is 0.123. The largest absolute Gasteiger partial charge is 0.494 e. The lowest BCUT2D eigenvalue weighted by atomic mass is 10.0. The average Bonchev–Trinajstić information content (AvgIpc) is 2.52. The molecule has 0 spiro atoms. The molecule has 0 bridgehead atoms. The molecular formula is C16H25NOS2. The molecule has 20 heavy (non-hydrogen) atoms. The van der Waals surface area contributed by atoms with Crippen LogP contribution < -0.4 is 10.5 Å². The van der Waals surface area contributed by atoms with E-state index in [1.165, 1.54) is 23.5 Å². The molecule has 112 valence electrons. The molecule has 4 heteroatoms. The normalized spacial score (nSPS) is 24.4. The summed E-state index contributed by atoms with van der Waals surface area (Å²) < 4.78 is 5.63. The summed E-state index contributed by atoms with van der Waals surface area (Å²) in [4.78, 5) is 0. The van der Waals surface area contributed by atoms with Crippen molar-refractivity contribution in [1.82, 2.24) is 0 Å². The molecule has 1 aromatic rings. The maximum absolute atomic E-state index is 6.51. The second-order valence-electron chi connectivity index (χ2n) is 5.10. The molecule has 0 aliphatic carbocycles. The predicted molar refractivity (Wildman–Crippen MR) is 91.9 cm³/mol. The number of hydrogen-bond acceptors (Lipinski definition) is 4. The number of rotatable bonds is 6. The van der Waals surface area contributed by atoms with Crippen molar-refractivity contribution < 1.29 is 4.74 Å². The van der Waals surface area contributed by atoms with Gasteiger partial charge in [-0.2, -0.15) is 23.5 Å². The third-order valence-electron chi connectivity index (χ3n) is 3.59. The molecule has 1 aliphatic rings. The van der Waals surface area contributed by atoms with Crippen molar-refractivity contribution in [2.24, 2.45) is 5.73 Å². The molecule has 3 unspecified atom stereocenters.